The first kappa shape index (κ1) is 114. The van der Waals surface area contributed by atoms with Gasteiger partial charge in [-0.3, -0.25) is 101 Å². The minimum atomic E-state index is -5.08. The van der Waals surface area contributed by atoms with Crippen molar-refractivity contribution < 1.29 is 193 Å². The molecule has 0 fully saturated rings. The molecule has 0 saturated heterocycles. The molecule has 0 aliphatic carbocycles. The van der Waals surface area contributed by atoms with Gasteiger partial charge in [0.05, 0.1) is 137 Å². The fraction of sp³-hybridized carbons (Fsp3) is 0.545. The van der Waals surface area contributed by atoms with E-state index in [0.717, 1.165) is 0 Å². The molecule has 0 aromatic heterocycles. The summed E-state index contributed by atoms with van der Waals surface area (Å²) in [6.07, 6.45) is -20.3. The molecular formula is C55H82F12N24O29. The molecule has 65 heteroatoms. The second-order valence-corrected chi connectivity index (χ2v) is 21.9. The SMILES string of the molecule is CC(CNC(=O)CNC(=O)CNC(=O)CNC(=O)CNC(=O)CNC(=O)CNC(=O)CN)(CNC(=O)CNC(=O)CNC(=O)CNC(=O)CNC(=O)CNC(=O)CNC(=O)CN)CNC(=O)CNC(=O)CNC(=O)CNC(=O)CNC(=O)CNC(=O)CNC(=O)CN.O=C(O)C(F)(F)F.O=C(O)C(F)(F)F.O=C(O)C(F)(F)F.O=C(O)C(F)(F)F. The molecule has 0 spiro atoms. The Bertz CT molecular complexity index is 3220. The number of carbonyl (C=O) groups is 25. The van der Waals surface area contributed by atoms with Gasteiger partial charge in [-0.05, 0) is 0 Å². The van der Waals surface area contributed by atoms with Crippen molar-refractivity contribution in [3.8, 4) is 0 Å². The van der Waals surface area contributed by atoms with Gasteiger partial charge in [-0.25, -0.2) is 19.2 Å². The van der Waals surface area contributed by atoms with E-state index in [4.69, 9.17) is 56.8 Å². The molecule has 31 N–H and O–H groups in total. The second kappa shape index (κ2) is 61.2. The van der Waals surface area contributed by atoms with Crippen LogP contribution < -0.4 is 129 Å². The lowest BCUT2D eigenvalue weighted by molar-refractivity contribution is -0.193. The van der Waals surface area contributed by atoms with Gasteiger partial charge in [0.2, 0.25) is 124 Å². The molecule has 0 radical (unpaired) electrons. The number of halogens is 12. The number of aliphatic carboxylic acids is 4. The maximum atomic E-state index is 12.8. The highest BCUT2D eigenvalue weighted by molar-refractivity contribution is 5.96. The Kier molecular flexibility index (Phi) is 58.3. The van der Waals surface area contributed by atoms with Crippen molar-refractivity contribution in [2.45, 2.75) is 31.6 Å². The van der Waals surface area contributed by atoms with Crippen molar-refractivity contribution in [2.24, 2.45) is 22.6 Å². The summed E-state index contributed by atoms with van der Waals surface area (Å²) in [6, 6.07) is 0. The Labute approximate surface area is 662 Å². The molecule has 0 aliphatic heterocycles. The molecule has 53 nitrogen and oxygen atoms in total. The van der Waals surface area contributed by atoms with Gasteiger partial charge in [-0.15, -0.1) is 0 Å². The lowest BCUT2D eigenvalue weighted by atomic mass is 9.90. The third kappa shape index (κ3) is 71.6. The molecule has 0 unspecified atom stereocenters. The molecule has 0 aromatic carbocycles. The summed E-state index contributed by atoms with van der Waals surface area (Å²) in [5.41, 5.74) is 14.0. The lowest BCUT2D eigenvalue weighted by Gasteiger charge is -2.30. The first-order valence-corrected chi connectivity index (χ1v) is 32.1. The van der Waals surface area contributed by atoms with Crippen molar-refractivity contribution >= 4 is 148 Å². The van der Waals surface area contributed by atoms with Crippen molar-refractivity contribution in [3.63, 3.8) is 0 Å². The average molecular weight is 1770 g/mol. The number of nitrogens with two attached hydrogens (primary N) is 3. The summed E-state index contributed by atoms with van der Waals surface area (Å²) in [5, 5.41) is 75.4. The number of hydrogen-bond acceptors (Lipinski definition) is 28. The van der Waals surface area contributed by atoms with Crippen molar-refractivity contribution in [2.75, 3.05) is 157 Å². The number of rotatable bonds is 45. The van der Waals surface area contributed by atoms with Crippen LogP contribution in [0.2, 0.25) is 0 Å². The van der Waals surface area contributed by atoms with E-state index in [-0.39, 0.29) is 39.3 Å². The van der Waals surface area contributed by atoms with E-state index in [0.29, 0.717) is 0 Å². The van der Waals surface area contributed by atoms with Gasteiger partial charge in [0.15, 0.2) is 0 Å². The fourth-order valence-corrected chi connectivity index (χ4v) is 5.68. The highest BCUT2D eigenvalue weighted by atomic mass is 19.4. The van der Waals surface area contributed by atoms with Crippen LogP contribution in [-0.2, 0) is 120 Å². The van der Waals surface area contributed by atoms with Gasteiger partial charge in [0, 0.05) is 25.0 Å². The van der Waals surface area contributed by atoms with Gasteiger partial charge >= 0.3 is 48.6 Å². The number of nitrogens with one attached hydrogen (secondary N) is 21. The Balaban J connectivity index is -0.00000133. The standard InChI is InChI=1S/C47H78N24O21.4C2HF3O2/c1-47(23-69-44(90)20-66-41(87)17-63-38(84)14-60-35(81)11-57-32(78)8-54-29(75)5-51-26(72)2-48,24-70-45(91)21-67-42(88)18-64-39(85)15-61-36(82)12-58-33(79)9-55-30(76)6-52-27(73)3-49)25-71-46(92)22-68-43(89)19-65-40(86)16-62-37(83)13-59-34(80)10-56-31(77)7-53-28(74)4-50;4*3-2(4,5)1(6)7/h2-25,48-50H2,1H3,(H,51,72)(H,52,73)(H,53,74)(H,54,75)(H,55,76)(H,56,77)(H,57,78)(H,58,79)(H,59,80)(H,60,81)(H,61,82)(H,62,83)(H,63,84)(H,64,85)(H,65,86)(H,66,87)(H,67,88)(H,68,89)(H,69,90)(H,70,91)(H,71,92);4*(H,6,7). The highest BCUT2D eigenvalue weighted by Crippen LogP contribution is 2.16. The van der Waals surface area contributed by atoms with Crippen LogP contribution in [0.4, 0.5) is 52.7 Å². The van der Waals surface area contributed by atoms with Gasteiger partial charge in [0.1, 0.15) is 0 Å². The molecule has 0 atom stereocenters. The van der Waals surface area contributed by atoms with Crippen LogP contribution >= 0.6 is 0 Å². The van der Waals surface area contributed by atoms with Crippen LogP contribution in [0, 0.1) is 5.41 Å². The van der Waals surface area contributed by atoms with Crippen LogP contribution in [0.5, 0.6) is 0 Å². The highest BCUT2D eigenvalue weighted by Gasteiger charge is 2.40. The number of carbonyl (C=O) groups excluding carboxylic acids is 21. The smallest absolute Gasteiger partial charge is 0.475 e. The Morgan fingerprint density at radius 1 is 0.183 bits per heavy atom. The Morgan fingerprint density at radius 3 is 0.333 bits per heavy atom. The predicted molar refractivity (Wildman–Crippen MR) is 363 cm³/mol. The normalized spacial score (nSPS) is 10.4. The quantitative estimate of drug-likeness (QED) is 0.0252. The maximum Gasteiger partial charge on any atom is 0.490 e. The van der Waals surface area contributed by atoms with Crippen LogP contribution in [0.3, 0.4) is 0 Å². The number of carboxylic acid groups (broad SMARTS) is 4. The van der Waals surface area contributed by atoms with Gasteiger partial charge < -0.3 is 149 Å². The number of hydrogen-bond donors (Lipinski definition) is 28. The molecular weight excluding hydrogens is 1690 g/mol. The fourth-order valence-electron chi connectivity index (χ4n) is 5.68. The molecule has 0 heterocycles. The van der Waals surface area contributed by atoms with E-state index < -0.39 is 296 Å². The summed E-state index contributed by atoms with van der Waals surface area (Å²) >= 11 is 0. The monoisotopic (exact) mass is 1770 g/mol. The molecule has 680 valence electrons. The van der Waals surface area contributed by atoms with Gasteiger partial charge in [-0.2, -0.15) is 52.7 Å². The molecule has 0 aromatic rings. The van der Waals surface area contributed by atoms with E-state index in [1.807, 2.05) is 0 Å². The van der Waals surface area contributed by atoms with Crippen LogP contribution in [0.15, 0.2) is 0 Å². The summed E-state index contributed by atoms with van der Waals surface area (Å²) in [5.74, 6) is -27.4. The zero-order chi connectivity index (χ0) is 93.8. The number of amides is 21. The topological polar surface area (TPSA) is 838 Å². The van der Waals surface area contributed by atoms with Crippen LogP contribution in [-0.4, -0.2) is 350 Å². The average Bonchev–Trinajstić information content (AvgIpc) is 0.877. The zero-order valence-electron chi connectivity index (χ0n) is 61.7. The van der Waals surface area contributed by atoms with Crippen LogP contribution in [0.25, 0.3) is 0 Å². The zero-order valence-corrected chi connectivity index (χ0v) is 61.7. The third-order valence-electron chi connectivity index (χ3n) is 11.7. The molecule has 0 rings (SSSR count). The minimum Gasteiger partial charge on any atom is -0.475 e. The third-order valence-corrected chi connectivity index (χ3v) is 11.7. The van der Waals surface area contributed by atoms with Gasteiger partial charge in [-0.1, -0.05) is 6.92 Å². The molecule has 0 bridgehead atoms. The summed E-state index contributed by atoms with van der Waals surface area (Å²) in [4.78, 5) is 288. The van der Waals surface area contributed by atoms with Crippen molar-refractivity contribution in [3.05, 3.63) is 0 Å². The van der Waals surface area contributed by atoms with Gasteiger partial charge in [0.25, 0.3) is 0 Å². The Hall–Kier alpha value is -14.2. The predicted octanol–water partition coefficient (Wildman–Crippen LogP) is -17.2. The maximum absolute atomic E-state index is 12.8. The van der Waals surface area contributed by atoms with E-state index in [2.05, 4.69) is 112 Å². The second-order valence-electron chi connectivity index (χ2n) is 21.9. The summed E-state index contributed by atoms with van der Waals surface area (Å²) < 4.78 is 127. The van der Waals surface area contributed by atoms with Crippen LogP contribution in [0.1, 0.15) is 6.92 Å². The van der Waals surface area contributed by atoms with E-state index in [1.165, 1.54) is 6.92 Å². The molecule has 120 heavy (non-hydrogen) atoms. The number of carboxylic acids is 4. The summed E-state index contributed by atoms with van der Waals surface area (Å²) in [7, 11) is 0. The summed E-state index contributed by atoms with van der Waals surface area (Å²) in [6.45, 7) is -11.3. The van der Waals surface area contributed by atoms with Crippen molar-refractivity contribution in [1.82, 2.24) is 112 Å². The minimum absolute atomic E-state index is 0.336. The molecule has 21 amide bonds. The largest absolute Gasteiger partial charge is 0.490 e. The lowest BCUT2D eigenvalue weighted by Crippen LogP contribution is -2.53. The van der Waals surface area contributed by atoms with Crippen molar-refractivity contribution in [1.29, 1.82) is 0 Å². The number of alkyl halides is 12. The first-order chi connectivity index (χ1) is 55.2. The van der Waals surface area contributed by atoms with E-state index >= 15 is 0 Å². The first-order valence-electron chi connectivity index (χ1n) is 32.1. The molecule has 0 saturated carbocycles. The Morgan fingerprint density at radius 2 is 0.258 bits per heavy atom. The molecule has 0 aliphatic rings. The van der Waals surface area contributed by atoms with E-state index in [9.17, 15) is 153 Å². The van der Waals surface area contributed by atoms with E-state index in [1.54, 1.807) is 0 Å².